The number of rotatable bonds is 6. The zero-order chi connectivity index (χ0) is 18.8. The lowest BCUT2D eigenvalue weighted by Gasteiger charge is -2.53. The van der Waals surface area contributed by atoms with E-state index < -0.39 is 5.97 Å². The first kappa shape index (κ1) is 20.0. The number of hydrogen-bond donors (Lipinski definition) is 1. The van der Waals surface area contributed by atoms with Gasteiger partial charge in [0.2, 0.25) is 0 Å². The minimum Gasteiger partial charge on any atom is -0.481 e. The summed E-state index contributed by atoms with van der Waals surface area (Å²) in [6, 6.07) is 0. The van der Waals surface area contributed by atoms with Gasteiger partial charge >= 0.3 is 11.9 Å². The summed E-state index contributed by atoms with van der Waals surface area (Å²) in [5.41, 5.74) is 1.32. The molecule has 4 nitrogen and oxygen atoms in total. The third-order valence-corrected chi connectivity index (χ3v) is 6.68. The van der Waals surface area contributed by atoms with Crippen molar-refractivity contribution in [2.75, 3.05) is 0 Å². The van der Waals surface area contributed by atoms with E-state index in [1.54, 1.807) is 0 Å². The number of hydrogen-bond acceptors (Lipinski definition) is 3. The average Bonchev–Trinajstić information content (AvgIpc) is 2.48. The van der Waals surface area contributed by atoms with Gasteiger partial charge in [0.15, 0.2) is 0 Å². The van der Waals surface area contributed by atoms with Gasteiger partial charge in [-0.05, 0) is 62.2 Å². The van der Waals surface area contributed by atoms with Crippen LogP contribution in [0.25, 0.3) is 0 Å². The Morgan fingerprint density at radius 1 is 1.32 bits per heavy atom. The molecule has 0 aliphatic heterocycles. The highest BCUT2D eigenvalue weighted by molar-refractivity contribution is 5.67. The van der Waals surface area contributed by atoms with Crippen LogP contribution < -0.4 is 0 Å². The van der Waals surface area contributed by atoms with Crippen LogP contribution in [0, 0.1) is 29.1 Å². The molecule has 25 heavy (non-hydrogen) atoms. The minimum absolute atomic E-state index is 0.00389. The summed E-state index contributed by atoms with van der Waals surface area (Å²) in [7, 11) is 0. The molecule has 0 aromatic heterocycles. The van der Waals surface area contributed by atoms with Crippen LogP contribution in [0.2, 0.25) is 0 Å². The molecule has 2 aliphatic carbocycles. The van der Waals surface area contributed by atoms with E-state index in [0.29, 0.717) is 17.8 Å². The van der Waals surface area contributed by atoms with Gasteiger partial charge in [-0.25, -0.2) is 0 Å². The van der Waals surface area contributed by atoms with E-state index in [2.05, 4.69) is 20.4 Å². The quantitative estimate of drug-likeness (QED) is 0.550. The van der Waals surface area contributed by atoms with Crippen LogP contribution in [-0.4, -0.2) is 23.1 Å². The van der Waals surface area contributed by atoms with Gasteiger partial charge < -0.3 is 9.84 Å². The molecule has 0 saturated heterocycles. The smallest absolute Gasteiger partial charge is 0.303 e. The average molecular weight is 350 g/mol. The third-order valence-electron chi connectivity index (χ3n) is 6.68. The first-order valence-corrected chi connectivity index (χ1v) is 9.69. The highest BCUT2D eigenvalue weighted by Gasteiger charge is 2.50. The second-order valence-electron chi connectivity index (χ2n) is 8.85. The van der Waals surface area contributed by atoms with Crippen LogP contribution in [0.3, 0.4) is 0 Å². The van der Waals surface area contributed by atoms with E-state index >= 15 is 0 Å². The Morgan fingerprint density at radius 3 is 2.60 bits per heavy atom. The monoisotopic (exact) mass is 350 g/mol. The molecule has 2 aliphatic rings. The van der Waals surface area contributed by atoms with Crippen molar-refractivity contribution < 1.29 is 19.4 Å². The maximum Gasteiger partial charge on any atom is 0.303 e. The van der Waals surface area contributed by atoms with Gasteiger partial charge in [-0.1, -0.05) is 32.9 Å². The Bertz CT molecular complexity index is 522. The van der Waals surface area contributed by atoms with Gasteiger partial charge in [0.05, 0.1) is 0 Å². The Balaban J connectivity index is 2.07. The van der Waals surface area contributed by atoms with Crippen molar-refractivity contribution in [1.82, 2.24) is 0 Å². The zero-order valence-corrected chi connectivity index (χ0v) is 16.2. The lowest BCUT2D eigenvalue weighted by Crippen LogP contribution is -2.50. The van der Waals surface area contributed by atoms with Crippen molar-refractivity contribution in [3.8, 4) is 0 Å². The molecule has 0 heterocycles. The number of carbonyl (C=O) groups is 2. The Labute approximate surface area is 152 Å². The summed E-state index contributed by atoms with van der Waals surface area (Å²) in [5, 5.41) is 8.97. The van der Waals surface area contributed by atoms with Crippen LogP contribution in [-0.2, 0) is 14.3 Å². The second kappa shape index (κ2) is 7.92. The normalized spacial score (nSPS) is 32.6. The van der Waals surface area contributed by atoms with Crippen molar-refractivity contribution in [3.63, 3.8) is 0 Å². The van der Waals surface area contributed by atoms with E-state index in [0.717, 1.165) is 38.5 Å². The van der Waals surface area contributed by atoms with Crippen molar-refractivity contribution in [2.45, 2.75) is 78.7 Å². The number of ether oxygens (including phenoxy) is 1. The first-order chi connectivity index (χ1) is 11.6. The van der Waals surface area contributed by atoms with Gasteiger partial charge in [0, 0.05) is 18.8 Å². The van der Waals surface area contributed by atoms with Crippen LogP contribution in [0.5, 0.6) is 0 Å². The summed E-state index contributed by atoms with van der Waals surface area (Å²) >= 11 is 0. The molecule has 0 aromatic rings. The molecule has 0 unspecified atom stereocenters. The zero-order valence-electron chi connectivity index (χ0n) is 16.2. The van der Waals surface area contributed by atoms with Gasteiger partial charge in [-0.15, -0.1) is 0 Å². The Hall–Kier alpha value is -1.32. The molecule has 2 saturated carbocycles. The van der Waals surface area contributed by atoms with E-state index in [9.17, 15) is 9.59 Å². The molecule has 2 fully saturated rings. The van der Waals surface area contributed by atoms with Gasteiger partial charge in [-0.3, -0.25) is 9.59 Å². The third kappa shape index (κ3) is 4.65. The lowest BCUT2D eigenvalue weighted by molar-refractivity contribution is -0.164. The number of carboxylic acid groups (broad SMARTS) is 1. The number of carbonyl (C=O) groups excluding carboxylic acids is 1. The Morgan fingerprint density at radius 2 is 2.00 bits per heavy atom. The highest BCUT2D eigenvalue weighted by Crippen LogP contribution is 2.55. The predicted molar refractivity (Wildman–Crippen MR) is 98.1 cm³/mol. The molecule has 0 spiro atoms. The number of allylic oxidation sites excluding steroid dienone is 1. The summed E-state index contributed by atoms with van der Waals surface area (Å²) in [4.78, 5) is 22.4. The highest BCUT2D eigenvalue weighted by atomic mass is 16.5. The fraction of sp³-hybridized carbons (Fsp3) is 0.810. The SMILES string of the molecule is C=C1CC[C@H]2[C@H](CC[C@H](OC(C)=O)C2(C)C)[C@H]1CC[C@@H](C)CC(=O)O. The lowest BCUT2D eigenvalue weighted by atomic mass is 9.53. The van der Waals surface area contributed by atoms with Gasteiger partial charge in [0.1, 0.15) is 6.10 Å². The minimum atomic E-state index is -0.712. The summed E-state index contributed by atoms with van der Waals surface area (Å²) in [5.74, 6) is 0.909. The topological polar surface area (TPSA) is 63.6 Å². The largest absolute Gasteiger partial charge is 0.481 e. The van der Waals surface area contributed by atoms with Gasteiger partial charge in [-0.2, -0.15) is 0 Å². The molecule has 4 heteroatoms. The summed E-state index contributed by atoms with van der Waals surface area (Å²) < 4.78 is 5.63. The maximum absolute atomic E-state index is 11.5. The molecule has 5 atom stereocenters. The van der Waals surface area contributed by atoms with Crippen molar-refractivity contribution >= 4 is 11.9 Å². The fourth-order valence-electron chi connectivity index (χ4n) is 5.30. The van der Waals surface area contributed by atoms with Gasteiger partial charge in [0.25, 0.3) is 0 Å². The first-order valence-electron chi connectivity index (χ1n) is 9.69. The fourth-order valence-corrected chi connectivity index (χ4v) is 5.30. The Kier molecular flexibility index (Phi) is 6.34. The molecular formula is C21H34O4. The number of fused-ring (bicyclic) bond motifs is 1. The molecule has 1 N–H and O–H groups in total. The molecule has 0 amide bonds. The van der Waals surface area contributed by atoms with Crippen LogP contribution in [0.4, 0.5) is 0 Å². The van der Waals surface area contributed by atoms with Crippen LogP contribution in [0.15, 0.2) is 12.2 Å². The molecular weight excluding hydrogens is 316 g/mol. The van der Waals surface area contributed by atoms with Crippen molar-refractivity contribution in [1.29, 1.82) is 0 Å². The van der Waals surface area contributed by atoms with Crippen molar-refractivity contribution in [3.05, 3.63) is 12.2 Å². The van der Waals surface area contributed by atoms with Crippen LogP contribution in [0.1, 0.15) is 72.6 Å². The number of carboxylic acids is 1. The molecule has 2 rings (SSSR count). The van der Waals surface area contributed by atoms with E-state index in [1.807, 2.05) is 6.92 Å². The standard InChI is InChI=1S/C21H34O4/c1-13(12-20(23)24)6-8-16-14(2)7-10-18-17(16)9-11-19(21(18,4)5)25-15(3)22/h13,16-19H,2,6-12H2,1,3-5H3,(H,23,24)/t13-,16+,17-,18+,19+/m1/s1. The van der Waals surface area contributed by atoms with E-state index in [4.69, 9.17) is 9.84 Å². The molecule has 0 aromatic carbocycles. The van der Waals surface area contributed by atoms with E-state index in [1.165, 1.54) is 12.5 Å². The number of aliphatic carboxylic acids is 1. The van der Waals surface area contributed by atoms with Crippen LogP contribution >= 0.6 is 0 Å². The predicted octanol–water partition coefficient (Wildman–Crippen LogP) is 4.83. The molecule has 142 valence electrons. The molecule has 0 radical (unpaired) electrons. The number of esters is 1. The molecule has 0 bridgehead atoms. The summed E-state index contributed by atoms with van der Waals surface area (Å²) in [6.07, 6.45) is 6.36. The second-order valence-corrected chi connectivity index (χ2v) is 8.85. The van der Waals surface area contributed by atoms with E-state index in [-0.39, 0.29) is 29.8 Å². The van der Waals surface area contributed by atoms with Crippen molar-refractivity contribution in [2.24, 2.45) is 29.1 Å². The summed E-state index contributed by atoms with van der Waals surface area (Å²) in [6.45, 7) is 12.4. The maximum atomic E-state index is 11.5.